The maximum absolute atomic E-state index is 11.1. The molecule has 0 bridgehead atoms. The number of aromatic nitrogens is 1. The van der Waals surface area contributed by atoms with Crippen molar-refractivity contribution in [2.24, 2.45) is 0 Å². The average molecular weight is 210 g/mol. The number of rotatable bonds is 2. The number of hydrogen-bond acceptors (Lipinski definition) is 5. The van der Waals surface area contributed by atoms with Crippen LogP contribution in [-0.2, 0) is 4.74 Å². The van der Waals surface area contributed by atoms with Crippen LogP contribution in [-0.4, -0.2) is 24.6 Å². The Morgan fingerprint density at radius 2 is 2.53 bits per heavy atom. The third kappa shape index (κ3) is 2.18. The molecule has 1 aliphatic heterocycles. The minimum Gasteiger partial charge on any atom is -0.464 e. The highest BCUT2D eigenvalue weighted by Gasteiger charge is 2.21. The number of methoxy groups -OCH3 is 1. The summed E-state index contributed by atoms with van der Waals surface area (Å²) in [6.07, 6.45) is 4.69. The fourth-order valence-electron chi connectivity index (χ4n) is 1.71. The standard InChI is InChI=1S/C10H14N2O3/c1-14-10(13)8-6-15-9(12-8)7-4-2-3-5-11-7/h6-7,11H,2-5H2,1H3. The summed E-state index contributed by atoms with van der Waals surface area (Å²) in [4.78, 5) is 15.2. The quantitative estimate of drug-likeness (QED) is 0.745. The molecule has 0 spiro atoms. The maximum Gasteiger partial charge on any atom is 0.360 e. The minimum atomic E-state index is -0.458. The van der Waals surface area contributed by atoms with E-state index >= 15 is 0 Å². The molecule has 0 amide bonds. The van der Waals surface area contributed by atoms with E-state index in [1.807, 2.05) is 0 Å². The van der Waals surface area contributed by atoms with E-state index in [1.54, 1.807) is 0 Å². The number of carbonyl (C=O) groups excluding carboxylic acids is 1. The Hall–Kier alpha value is -1.36. The van der Waals surface area contributed by atoms with E-state index < -0.39 is 5.97 Å². The summed E-state index contributed by atoms with van der Waals surface area (Å²) >= 11 is 0. The average Bonchev–Trinajstić information content (AvgIpc) is 2.78. The van der Waals surface area contributed by atoms with Crippen molar-refractivity contribution in [1.29, 1.82) is 0 Å². The number of nitrogens with zero attached hydrogens (tertiary/aromatic N) is 1. The molecule has 2 heterocycles. The number of carbonyl (C=O) groups is 1. The van der Waals surface area contributed by atoms with Crippen LogP contribution in [0.3, 0.4) is 0 Å². The van der Waals surface area contributed by atoms with Crippen molar-refractivity contribution in [3.63, 3.8) is 0 Å². The van der Waals surface area contributed by atoms with Crippen molar-refractivity contribution >= 4 is 5.97 Å². The summed E-state index contributed by atoms with van der Waals surface area (Å²) in [6.45, 7) is 0.973. The summed E-state index contributed by atoms with van der Waals surface area (Å²) in [7, 11) is 1.33. The molecule has 1 aromatic rings. The van der Waals surface area contributed by atoms with Crippen LogP contribution in [0.15, 0.2) is 10.7 Å². The lowest BCUT2D eigenvalue weighted by Gasteiger charge is -2.19. The summed E-state index contributed by atoms with van der Waals surface area (Å²) in [5.41, 5.74) is 0.236. The Bertz CT molecular complexity index is 342. The fraction of sp³-hybridized carbons (Fsp3) is 0.600. The molecule has 0 saturated carbocycles. The second kappa shape index (κ2) is 4.44. The van der Waals surface area contributed by atoms with Crippen molar-refractivity contribution in [1.82, 2.24) is 10.3 Å². The largest absolute Gasteiger partial charge is 0.464 e. The molecule has 1 unspecified atom stereocenters. The molecule has 1 fully saturated rings. The Labute approximate surface area is 87.8 Å². The lowest BCUT2D eigenvalue weighted by atomic mass is 10.1. The molecule has 1 saturated heterocycles. The van der Waals surface area contributed by atoms with Gasteiger partial charge in [-0.05, 0) is 19.4 Å². The van der Waals surface area contributed by atoms with Crippen LogP contribution in [0.2, 0.25) is 0 Å². The molecular formula is C10H14N2O3. The zero-order valence-electron chi connectivity index (χ0n) is 8.66. The van der Waals surface area contributed by atoms with Crippen LogP contribution >= 0.6 is 0 Å². The fourth-order valence-corrected chi connectivity index (χ4v) is 1.71. The predicted molar refractivity (Wildman–Crippen MR) is 52.4 cm³/mol. The highest BCUT2D eigenvalue weighted by atomic mass is 16.5. The van der Waals surface area contributed by atoms with Crippen LogP contribution in [0.1, 0.15) is 41.7 Å². The van der Waals surface area contributed by atoms with Crippen LogP contribution in [0, 0.1) is 0 Å². The van der Waals surface area contributed by atoms with Gasteiger partial charge in [-0.1, -0.05) is 6.42 Å². The van der Waals surface area contributed by atoms with Gasteiger partial charge in [-0.25, -0.2) is 9.78 Å². The highest BCUT2D eigenvalue weighted by molar-refractivity contribution is 5.86. The van der Waals surface area contributed by atoms with Gasteiger partial charge in [0.05, 0.1) is 13.2 Å². The highest BCUT2D eigenvalue weighted by Crippen LogP contribution is 2.22. The van der Waals surface area contributed by atoms with E-state index in [0.717, 1.165) is 19.4 Å². The van der Waals surface area contributed by atoms with E-state index in [0.29, 0.717) is 5.89 Å². The van der Waals surface area contributed by atoms with Gasteiger partial charge in [0.15, 0.2) is 5.69 Å². The van der Waals surface area contributed by atoms with Gasteiger partial charge in [-0.15, -0.1) is 0 Å². The molecule has 5 heteroatoms. The Balaban J connectivity index is 2.08. The maximum atomic E-state index is 11.1. The normalized spacial score (nSPS) is 21.3. The molecule has 5 nitrogen and oxygen atoms in total. The van der Waals surface area contributed by atoms with E-state index in [9.17, 15) is 4.79 Å². The first kappa shape index (κ1) is 10.2. The number of nitrogens with one attached hydrogen (secondary N) is 1. The van der Waals surface area contributed by atoms with E-state index in [2.05, 4.69) is 15.0 Å². The molecule has 0 radical (unpaired) electrons. The van der Waals surface area contributed by atoms with Gasteiger partial charge < -0.3 is 14.5 Å². The lowest BCUT2D eigenvalue weighted by molar-refractivity contribution is 0.0594. The second-order valence-electron chi connectivity index (χ2n) is 3.57. The van der Waals surface area contributed by atoms with Crippen molar-refractivity contribution < 1.29 is 13.9 Å². The molecule has 82 valence electrons. The van der Waals surface area contributed by atoms with Gasteiger partial charge in [-0.3, -0.25) is 0 Å². The predicted octanol–water partition coefficient (Wildman–Crippen LogP) is 1.28. The first-order valence-corrected chi connectivity index (χ1v) is 5.08. The van der Waals surface area contributed by atoms with Gasteiger partial charge in [0.2, 0.25) is 5.89 Å². The lowest BCUT2D eigenvalue weighted by Crippen LogP contribution is -2.27. The van der Waals surface area contributed by atoms with Gasteiger partial charge in [0.1, 0.15) is 6.26 Å². The Morgan fingerprint density at radius 1 is 1.67 bits per heavy atom. The molecular weight excluding hydrogens is 196 g/mol. The van der Waals surface area contributed by atoms with Gasteiger partial charge in [0, 0.05) is 0 Å². The topological polar surface area (TPSA) is 64.4 Å². The molecule has 0 aliphatic carbocycles. The van der Waals surface area contributed by atoms with Crippen LogP contribution in [0.4, 0.5) is 0 Å². The number of oxazole rings is 1. The van der Waals surface area contributed by atoms with Crippen molar-refractivity contribution in [3.8, 4) is 0 Å². The monoisotopic (exact) mass is 210 g/mol. The van der Waals surface area contributed by atoms with E-state index in [4.69, 9.17) is 4.42 Å². The number of hydrogen-bond donors (Lipinski definition) is 1. The first-order valence-electron chi connectivity index (χ1n) is 5.08. The summed E-state index contributed by atoms with van der Waals surface area (Å²) in [5.74, 6) is 0.121. The minimum absolute atomic E-state index is 0.136. The molecule has 1 aromatic heterocycles. The van der Waals surface area contributed by atoms with Gasteiger partial charge in [-0.2, -0.15) is 0 Å². The third-order valence-corrected chi connectivity index (χ3v) is 2.52. The Kier molecular flexibility index (Phi) is 3.01. The zero-order valence-corrected chi connectivity index (χ0v) is 8.66. The summed E-state index contributed by atoms with van der Waals surface area (Å²) in [6, 6.07) is 0.136. The molecule has 1 aliphatic rings. The number of esters is 1. The molecule has 0 aromatic carbocycles. The third-order valence-electron chi connectivity index (χ3n) is 2.52. The van der Waals surface area contributed by atoms with E-state index in [1.165, 1.54) is 19.8 Å². The zero-order chi connectivity index (χ0) is 10.7. The van der Waals surface area contributed by atoms with Crippen LogP contribution in [0.25, 0.3) is 0 Å². The van der Waals surface area contributed by atoms with Crippen LogP contribution in [0.5, 0.6) is 0 Å². The summed E-state index contributed by atoms with van der Waals surface area (Å²) in [5, 5.41) is 3.30. The second-order valence-corrected chi connectivity index (χ2v) is 3.57. The SMILES string of the molecule is COC(=O)c1coc(C2CCCCN2)n1. The molecule has 2 rings (SSSR count). The van der Waals surface area contributed by atoms with E-state index in [-0.39, 0.29) is 11.7 Å². The first-order chi connectivity index (χ1) is 7.31. The number of ether oxygens (including phenoxy) is 1. The summed E-state index contributed by atoms with van der Waals surface area (Å²) < 4.78 is 9.81. The smallest absolute Gasteiger partial charge is 0.360 e. The molecule has 15 heavy (non-hydrogen) atoms. The van der Waals surface area contributed by atoms with Crippen molar-refractivity contribution in [2.45, 2.75) is 25.3 Å². The molecule has 1 atom stereocenters. The molecule has 1 N–H and O–H groups in total. The number of piperidine rings is 1. The Morgan fingerprint density at radius 3 is 3.20 bits per heavy atom. The van der Waals surface area contributed by atoms with Crippen molar-refractivity contribution in [3.05, 3.63) is 17.8 Å². The van der Waals surface area contributed by atoms with Crippen molar-refractivity contribution in [2.75, 3.05) is 13.7 Å². The van der Waals surface area contributed by atoms with Gasteiger partial charge in [0.25, 0.3) is 0 Å². The van der Waals surface area contributed by atoms with Gasteiger partial charge >= 0.3 is 5.97 Å². The van der Waals surface area contributed by atoms with Crippen LogP contribution < -0.4 is 5.32 Å².